The van der Waals surface area contributed by atoms with Gasteiger partial charge in [-0.1, -0.05) is 23.7 Å². The largest absolute Gasteiger partial charge is 0.496 e. The fraction of sp³-hybridized carbons (Fsp3) is 0.250. The summed E-state index contributed by atoms with van der Waals surface area (Å²) in [5.74, 6) is 0.873. The highest BCUT2D eigenvalue weighted by Gasteiger charge is 2.21. The van der Waals surface area contributed by atoms with Crippen LogP contribution in [0.3, 0.4) is 0 Å². The molecule has 20 heavy (non-hydrogen) atoms. The van der Waals surface area contributed by atoms with Crippen LogP contribution < -0.4 is 10.5 Å². The minimum atomic E-state index is 0.733. The molecule has 0 spiro atoms. The third kappa shape index (κ3) is 2.47. The zero-order chi connectivity index (χ0) is 14.1. The number of benzene rings is 2. The molecule has 0 fully saturated rings. The first-order chi connectivity index (χ1) is 9.67. The topological polar surface area (TPSA) is 38.5 Å². The van der Waals surface area contributed by atoms with Gasteiger partial charge in [-0.25, -0.2) is 0 Å². The standard InChI is InChI=1S/C16H17ClN2O/c1-20-16-6-5-13(17)7-12(16)9-19-8-11-3-2-4-15(18)14(11)10-19/h2-7H,8-10,18H2,1H3. The molecule has 3 nitrogen and oxygen atoms in total. The fourth-order valence-corrected chi connectivity index (χ4v) is 2.93. The molecule has 4 heteroatoms. The van der Waals surface area contributed by atoms with Crippen molar-refractivity contribution in [2.24, 2.45) is 0 Å². The molecule has 0 amide bonds. The third-order valence-corrected chi connectivity index (χ3v) is 3.96. The van der Waals surface area contributed by atoms with Crippen molar-refractivity contribution < 1.29 is 4.74 Å². The van der Waals surface area contributed by atoms with E-state index in [1.165, 1.54) is 11.1 Å². The van der Waals surface area contributed by atoms with Gasteiger partial charge in [0.05, 0.1) is 7.11 Å². The van der Waals surface area contributed by atoms with E-state index in [0.717, 1.165) is 41.7 Å². The molecule has 2 aromatic carbocycles. The summed E-state index contributed by atoms with van der Waals surface area (Å²) >= 11 is 6.08. The molecule has 2 aromatic rings. The summed E-state index contributed by atoms with van der Waals surface area (Å²) in [5, 5.41) is 0.733. The summed E-state index contributed by atoms with van der Waals surface area (Å²) in [6.45, 7) is 2.59. The van der Waals surface area contributed by atoms with Crippen molar-refractivity contribution in [3.63, 3.8) is 0 Å². The molecule has 1 heterocycles. The van der Waals surface area contributed by atoms with E-state index in [1.54, 1.807) is 7.11 Å². The first kappa shape index (κ1) is 13.3. The molecule has 0 saturated carbocycles. The Morgan fingerprint density at radius 3 is 2.85 bits per heavy atom. The summed E-state index contributed by atoms with van der Waals surface area (Å²) < 4.78 is 5.40. The van der Waals surface area contributed by atoms with Crippen LogP contribution in [0, 0.1) is 0 Å². The molecule has 0 aliphatic carbocycles. The SMILES string of the molecule is COc1ccc(Cl)cc1CN1Cc2cccc(N)c2C1. The smallest absolute Gasteiger partial charge is 0.123 e. The summed E-state index contributed by atoms with van der Waals surface area (Å²) in [5.41, 5.74) is 10.6. The number of nitrogens with two attached hydrogens (primary N) is 1. The molecule has 0 bridgehead atoms. The molecule has 1 aliphatic heterocycles. The highest BCUT2D eigenvalue weighted by molar-refractivity contribution is 6.30. The van der Waals surface area contributed by atoms with Crippen LogP contribution in [0.2, 0.25) is 5.02 Å². The maximum absolute atomic E-state index is 6.08. The van der Waals surface area contributed by atoms with Gasteiger partial charge in [0.25, 0.3) is 0 Å². The quantitative estimate of drug-likeness (QED) is 0.879. The lowest BCUT2D eigenvalue weighted by Crippen LogP contribution is -2.16. The lowest BCUT2D eigenvalue weighted by atomic mass is 10.1. The van der Waals surface area contributed by atoms with E-state index in [4.69, 9.17) is 22.1 Å². The molecular formula is C16H17ClN2O. The fourth-order valence-electron chi connectivity index (χ4n) is 2.74. The Balaban J connectivity index is 1.81. The normalized spacial score (nSPS) is 14.3. The number of ether oxygens (including phenoxy) is 1. The lowest BCUT2D eigenvalue weighted by Gasteiger charge is -2.17. The van der Waals surface area contributed by atoms with Gasteiger partial charge in [0.15, 0.2) is 0 Å². The molecule has 0 saturated heterocycles. The van der Waals surface area contributed by atoms with Gasteiger partial charge in [0.1, 0.15) is 5.75 Å². The highest BCUT2D eigenvalue weighted by Crippen LogP contribution is 2.31. The number of nitrogens with zero attached hydrogens (tertiary/aromatic N) is 1. The van der Waals surface area contributed by atoms with Gasteiger partial charge < -0.3 is 10.5 Å². The van der Waals surface area contributed by atoms with E-state index < -0.39 is 0 Å². The first-order valence-corrected chi connectivity index (χ1v) is 6.96. The summed E-state index contributed by atoms with van der Waals surface area (Å²) in [6.07, 6.45) is 0. The maximum Gasteiger partial charge on any atom is 0.123 e. The monoisotopic (exact) mass is 288 g/mol. The van der Waals surface area contributed by atoms with Crippen LogP contribution in [0.15, 0.2) is 36.4 Å². The van der Waals surface area contributed by atoms with E-state index in [2.05, 4.69) is 11.0 Å². The van der Waals surface area contributed by atoms with Crippen LogP contribution in [0.4, 0.5) is 5.69 Å². The predicted octanol–water partition coefficient (Wildman–Crippen LogP) is 3.45. The zero-order valence-corrected chi connectivity index (χ0v) is 12.2. The lowest BCUT2D eigenvalue weighted by molar-refractivity contribution is 0.270. The van der Waals surface area contributed by atoms with Crippen LogP contribution in [0.1, 0.15) is 16.7 Å². The van der Waals surface area contributed by atoms with Crippen molar-refractivity contribution in [1.82, 2.24) is 4.90 Å². The van der Waals surface area contributed by atoms with Crippen molar-refractivity contribution >= 4 is 17.3 Å². The number of rotatable bonds is 3. The molecule has 0 atom stereocenters. The number of hydrogen-bond acceptors (Lipinski definition) is 3. The average Bonchev–Trinajstić information content (AvgIpc) is 2.83. The van der Waals surface area contributed by atoms with Gasteiger partial charge in [-0.15, -0.1) is 0 Å². The number of anilines is 1. The van der Waals surface area contributed by atoms with Crippen molar-refractivity contribution in [3.05, 3.63) is 58.1 Å². The Hall–Kier alpha value is -1.71. The number of fused-ring (bicyclic) bond motifs is 1. The van der Waals surface area contributed by atoms with Crippen LogP contribution in [-0.2, 0) is 19.6 Å². The molecule has 3 rings (SSSR count). The number of nitrogen functional groups attached to an aromatic ring is 1. The van der Waals surface area contributed by atoms with Gasteiger partial charge in [0, 0.05) is 35.9 Å². The Labute approximate surface area is 123 Å². The molecule has 1 aliphatic rings. The molecule has 0 aromatic heterocycles. The second-order valence-electron chi connectivity index (χ2n) is 5.09. The van der Waals surface area contributed by atoms with E-state index in [-0.39, 0.29) is 0 Å². The molecule has 0 radical (unpaired) electrons. The Bertz CT molecular complexity index is 642. The molecule has 104 valence electrons. The van der Waals surface area contributed by atoms with E-state index >= 15 is 0 Å². The number of methoxy groups -OCH3 is 1. The average molecular weight is 289 g/mol. The Morgan fingerprint density at radius 1 is 1.25 bits per heavy atom. The van der Waals surface area contributed by atoms with Gasteiger partial charge in [0.2, 0.25) is 0 Å². The van der Waals surface area contributed by atoms with Crippen molar-refractivity contribution in [1.29, 1.82) is 0 Å². The second-order valence-corrected chi connectivity index (χ2v) is 5.52. The van der Waals surface area contributed by atoms with Crippen LogP contribution in [0.25, 0.3) is 0 Å². The number of hydrogen-bond donors (Lipinski definition) is 1. The first-order valence-electron chi connectivity index (χ1n) is 6.58. The van der Waals surface area contributed by atoms with E-state index in [0.29, 0.717) is 0 Å². The Morgan fingerprint density at radius 2 is 2.10 bits per heavy atom. The van der Waals surface area contributed by atoms with Crippen molar-refractivity contribution in [3.8, 4) is 5.75 Å². The number of halogens is 1. The summed E-state index contributed by atoms with van der Waals surface area (Å²) in [7, 11) is 1.68. The van der Waals surface area contributed by atoms with Gasteiger partial charge in [-0.3, -0.25) is 4.90 Å². The Kier molecular flexibility index (Phi) is 3.55. The van der Waals surface area contributed by atoms with Gasteiger partial charge in [-0.05, 0) is 35.4 Å². The second kappa shape index (κ2) is 5.35. The molecule has 0 unspecified atom stereocenters. The van der Waals surface area contributed by atoms with Crippen molar-refractivity contribution in [2.75, 3.05) is 12.8 Å². The zero-order valence-electron chi connectivity index (χ0n) is 11.4. The highest BCUT2D eigenvalue weighted by atomic mass is 35.5. The van der Waals surface area contributed by atoms with Gasteiger partial charge >= 0.3 is 0 Å². The predicted molar refractivity (Wildman–Crippen MR) is 81.8 cm³/mol. The summed E-state index contributed by atoms with van der Waals surface area (Å²) in [4.78, 5) is 2.34. The molecule has 2 N–H and O–H groups in total. The van der Waals surface area contributed by atoms with Crippen LogP contribution in [-0.4, -0.2) is 12.0 Å². The summed E-state index contributed by atoms with van der Waals surface area (Å²) in [6, 6.07) is 11.8. The van der Waals surface area contributed by atoms with E-state index in [9.17, 15) is 0 Å². The van der Waals surface area contributed by atoms with Gasteiger partial charge in [-0.2, -0.15) is 0 Å². The molecular weight excluding hydrogens is 272 g/mol. The van der Waals surface area contributed by atoms with Crippen LogP contribution in [0.5, 0.6) is 5.75 Å². The van der Waals surface area contributed by atoms with Crippen LogP contribution >= 0.6 is 11.6 Å². The van der Waals surface area contributed by atoms with E-state index in [1.807, 2.05) is 30.3 Å². The van der Waals surface area contributed by atoms with Crippen molar-refractivity contribution in [2.45, 2.75) is 19.6 Å². The minimum Gasteiger partial charge on any atom is -0.496 e. The maximum atomic E-state index is 6.08. The minimum absolute atomic E-state index is 0.733. The third-order valence-electron chi connectivity index (χ3n) is 3.72.